The minimum absolute atomic E-state index is 0. The van der Waals surface area contributed by atoms with Crippen molar-refractivity contribution in [2.45, 2.75) is 31.8 Å². The average Bonchev–Trinajstić information content (AvgIpc) is 3.03. The number of hydrogen-bond acceptors (Lipinski definition) is 4. The van der Waals surface area contributed by atoms with Crippen molar-refractivity contribution in [2.75, 3.05) is 33.8 Å². The highest BCUT2D eigenvalue weighted by atomic mass is 127. The van der Waals surface area contributed by atoms with Gasteiger partial charge in [0.25, 0.3) is 0 Å². The van der Waals surface area contributed by atoms with Gasteiger partial charge in [-0.2, -0.15) is 22.0 Å². The second kappa shape index (κ2) is 11.6. The Labute approximate surface area is 182 Å². The minimum Gasteiger partial charge on any atom is -0.493 e. The van der Waals surface area contributed by atoms with E-state index in [-0.39, 0.29) is 54.6 Å². The summed E-state index contributed by atoms with van der Waals surface area (Å²) in [4.78, 5) is 5.38. The molecule has 1 aromatic carbocycles. The molecule has 0 bridgehead atoms. The van der Waals surface area contributed by atoms with Gasteiger partial charge in [0.15, 0.2) is 17.5 Å². The third-order valence-corrected chi connectivity index (χ3v) is 4.14. The monoisotopic (exact) mass is 538 g/mol. The molecule has 0 spiro atoms. The molecule has 12 heteroatoms. The molecule has 1 heterocycles. The molecule has 6 nitrogen and oxygen atoms in total. The molecule has 166 valence electrons. The summed E-state index contributed by atoms with van der Waals surface area (Å²) in [6.45, 7) is -3.05. The van der Waals surface area contributed by atoms with Gasteiger partial charge in [-0.25, -0.2) is 0 Å². The van der Waals surface area contributed by atoms with Crippen LogP contribution in [0.3, 0.4) is 0 Å². The van der Waals surface area contributed by atoms with Crippen molar-refractivity contribution in [1.29, 1.82) is 0 Å². The van der Waals surface area contributed by atoms with Gasteiger partial charge in [-0.15, -0.1) is 24.0 Å². The second-order valence-corrected chi connectivity index (χ2v) is 6.27. The molecule has 29 heavy (non-hydrogen) atoms. The molecule has 0 saturated carbocycles. The van der Waals surface area contributed by atoms with Gasteiger partial charge in [0.1, 0.15) is 0 Å². The number of nitrogens with one attached hydrogen (secondary N) is 2. The van der Waals surface area contributed by atoms with Crippen LogP contribution < -0.4 is 20.1 Å². The third kappa shape index (κ3) is 8.76. The van der Waals surface area contributed by atoms with E-state index in [1.165, 1.54) is 31.2 Å². The summed E-state index contributed by atoms with van der Waals surface area (Å²) >= 11 is 0. The van der Waals surface area contributed by atoms with Crippen molar-refractivity contribution >= 4 is 29.9 Å². The number of hydrogen-bond donors (Lipinski definition) is 2. The summed E-state index contributed by atoms with van der Waals surface area (Å²) in [7, 11) is 2.89. The van der Waals surface area contributed by atoms with E-state index in [0.29, 0.717) is 24.5 Å². The van der Waals surface area contributed by atoms with Gasteiger partial charge in [0.05, 0.1) is 13.7 Å². The molecule has 2 N–H and O–H groups in total. The Morgan fingerprint density at radius 1 is 1.31 bits per heavy atom. The van der Waals surface area contributed by atoms with Gasteiger partial charge >= 0.3 is 12.8 Å². The van der Waals surface area contributed by atoms with Crippen molar-refractivity contribution < 1.29 is 31.4 Å². The zero-order chi connectivity index (χ0) is 20.7. The predicted molar refractivity (Wildman–Crippen MR) is 109 cm³/mol. The van der Waals surface area contributed by atoms with Crippen LogP contribution in [0.4, 0.5) is 22.0 Å². The highest BCUT2D eigenvalue weighted by Gasteiger charge is 2.34. The van der Waals surface area contributed by atoms with Crippen LogP contribution >= 0.6 is 24.0 Å². The number of rotatable bonds is 7. The highest BCUT2D eigenvalue weighted by molar-refractivity contribution is 14.0. The van der Waals surface area contributed by atoms with Crippen molar-refractivity contribution in [3.8, 4) is 11.5 Å². The van der Waals surface area contributed by atoms with Gasteiger partial charge < -0.3 is 20.1 Å². The fourth-order valence-corrected chi connectivity index (χ4v) is 2.94. The van der Waals surface area contributed by atoms with E-state index in [4.69, 9.17) is 4.74 Å². The fourth-order valence-electron chi connectivity index (χ4n) is 2.94. The molecule has 1 aliphatic rings. The first-order valence-corrected chi connectivity index (χ1v) is 8.58. The zero-order valence-electron chi connectivity index (χ0n) is 15.9. The fraction of sp³-hybridized carbons (Fsp3) is 0.588. The molecule has 1 fully saturated rings. The molecule has 0 radical (unpaired) electrons. The van der Waals surface area contributed by atoms with Crippen LogP contribution in [0.15, 0.2) is 23.2 Å². The van der Waals surface area contributed by atoms with E-state index >= 15 is 0 Å². The average molecular weight is 538 g/mol. The standard InChI is InChI=1S/C17H23F5N4O2.HI/c1-23-16(25-12-5-6-26(9-12)10-17(20,21)22)24-8-11-3-4-13(27-2)14(7-11)28-15(18)19;/h3-4,7,12,15H,5-6,8-10H2,1-2H3,(H2,23,24,25);1H. The molecular weight excluding hydrogens is 514 g/mol. The Morgan fingerprint density at radius 3 is 2.62 bits per heavy atom. The van der Waals surface area contributed by atoms with E-state index in [1.54, 1.807) is 6.07 Å². The van der Waals surface area contributed by atoms with E-state index in [0.717, 1.165) is 0 Å². The summed E-state index contributed by atoms with van der Waals surface area (Å²) in [5.41, 5.74) is 0.643. The Kier molecular flexibility index (Phi) is 10.2. The molecular formula is C17H24F5IN4O2. The number of guanidine groups is 1. The largest absolute Gasteiger partial charge is 0.493 e. The number of benzene rings is 1. The topological polar surface area (TPSA) is 58.1 Å². The maximum absolute atomic E-state index is 12.5. The normalized spacial score (nSPS) is 17.8. The van der Waals surface area contributed by atoms with Crippen LogP contribution in [0.2, 0.25) is 0 Å². The summed E-state index contributed by atoms with van der Waals surface area (Å²) < 4.78 is 71.8. The van der Waals surface area contributed by atoms with Crippen LogP contribution in [0.25, 0.3) is 0 Å². The molecule has 1 atom stereocenters. The number of ether oxygens (including phenoxy) is 2. The molecule has 2 rings (SSSR count). The van der Waals surface area contributed by atoms with Gasteiger partial charge in [0, 0.05) is 32.7 Å². The lowest BCUT2D eigenvalue weighted by atomic mass is 10.2. The van der Waals surface area contributed by atoms with E-state index < -0.39 is 19.3 Å². The Bertz CT molecular complexity index is 676. The van der Waals surface area contributed by atoms with Crippen molar-refractivity contribution in [3.63, 3.8) is 0 Å². The Morgan fingerprint density at radius 2 is 2.03 bits per heavy atom. The number of aliphatic imine (C=N–C) groups is 1. The summed E-state index contributed by atoms with van der Waals surface area (Å²) in [5.74, 6) is 0.506. The first kappa shape index (κ1) is 25.5. The van der Waals surface area contributed by atoms with Crippen LogP contribution in [0.5, 0.6) is 11.5 Å². The lowest BCUT2D eigenvalue weighted by Crippen LogP contribution is -2.44. The minimum atomic E-state index is -4.22. The van der Waals surface area contributed by atoms with Gasteiger partial charge in [-0.05, 0) is 24.1 Å². The van der Waals surface area contributed by atoms with Crippen molar-refractivity contribution in [2.24, 2.45) is 4.99 Å². The number of halogens is 6. The summed E-state index contributed by atoms with van der Waals surface area (Å²) in [5, 5.41) is 6.08. The van der Waals surface area contributed by atoms with E-state index in [9.17, 15) is 22.0 Å². The van der Waals surface area contributed by atoms with Crippen LogP contribution in [0.1, 0.15) is 12.0 Å². The number of nitrogens with zero attached hydrogens (tertiary/aromatic N) is 2. The Hall–Kier alpha value is -1.57. The van der Waals surface area contributed by atoms with Gasteiger partial charge in [-0.3, -0.25) is 9.89 Å². The number of likely N-dealkylation sites (tertiary alicyclic amines) is 1. The predicted octanol–water partition coefficient (Wildman–Crippen LogP) is 3.22. The molecule has 1 aliphatic heterocycles. The third-order valence-electron chi connectivity index (χ3n) is 4.14. The first-order valence-electron chi connectivity index (χ1n) is 8.58. The second-order valence-electron chi connectivity index (χ2n) is 6.27. The molecule has 0 aromatic heterocycles. The lowest BCUT2D eigenvalue weighted by molar-refractivity contribution is -0.143. The highest BCUT2D eigenvalue weighted by Crippen LogP contribution is 2.29. The van der Waals surface area contributed by atoms with Crippen LogP contribution in [-0.2, 0) is 6.54 Å². The summed E-state index contributed by atoms with van der Waals surface area (Å²) in [6.07, 6.45) is -3.66. The molecule has 0 amide bonds. The van der Waals surface area contributed by atoms with Crippen LogP contribution in [-0.4, -0.2) is 63.5 Å². The van der Waals surface area contributed by atoms with Gasteiger partial charge in [0.2, 0.25) is 0 Å². The molecule has 1 unspecified atom stereocenters. The van der Waals surface area contributed by atoms with E-state index in [1.807, 2.05) is 0 Å². The number of alkyl halides is 5. The molecule has 1 saturated heterocycles. The van der Waals surface area contributed by atoms with Crippen molar-refractivity contribution in [1.82, 2.24) is 15.5 Å². The van der Waals surface area contributed by atoms with Crippen molar-refractivity contribution in [3.05, 3.63) is 23.8 Å². The quantitative estimate of drug-likeness (QED) is 0.242. The SMILES string of the molecule is CN=C(NCc1ccc(OC)c(OC(F)F)c1)NC1CCN(CC(F)(F)F)C1.I. The maximum atomic E-state index is 12.5. The smallest absolute Gasteiger partial charge is 0.401 e. The molecule has 0 aliphatic carbocycles. The van der Waals surface area contributed by atoms with Crippen LogP contribution in [0, 0.1) is 0 Å². The van der Waals surface area contributed by atoms with E-state index in [2.05, 4.69) is 20.4 Å². The lowest BCUT2D eigenvalue weighted by Gasteiger charge is -2.20. The summed E-state index contributed by atoms with van der Waals surface area (Å²) in [6, 6.07) is 4.45. The Balaban J connectivity index is 0.00000420. The first-order chi connectivity index (χ1) is 13.2. The zero-order valence-corrected chi connectivity index (χ0v) is 18.3. The number of methoxy groups -OCH3 is 1. The van der Waals surface area contributed by atoms with Gasteiger partial charge in [-0.1, -0.05) is 6.07 Å². The maximum Gasteiger partial charge on any atom is 0.401 e. The molecule has 1 aromatic rings.